The molecule has 2 amide bonds. The van der Waals surface area contributed by atoms with Gasteiger partial charge in [0.25, 0.3) is 11.8 Å². The van der Waals surface area contributed by atoms with E-state index in [0.717, 1.165) is 55.1 Å². The Bertz CT molecular complexity index is 1140. The van der Waals surface area contributed by atoms with Crippen LogP contribution in [0.5, 0.6) is 0 Å². The van der Waals surface area contributed by atoms with Crippen LogP contribution >= 0.6 is 0 Å². The molecular weight excluding hydrogens is 548 g/mol. The van der Waals surface area contributed by atoms with E-state index in [9.17, 15) is 14.4 Å². The maximum absolute atomic E-state index is 13.3. The van der Waals surface area contributed by atoms with Gasteiger partial charge in [-0.25, -0.2) is 0 Å². The summed E-state index contributed by atoms with van der Waals surface area (Å²) >= 11 is 0. The van der Waals surface area contributed by atoms with Gasteiger partial charge in [-0.2, -0.15) is 0 Å². The van der Waals surface area contributed by atoms with Crippen molar-refractivity contribution in [2.24, 2.45) is 0 Å². The van der Waals surface area contributed by atoms with Crippen LogP contribution in [0.4, 0.5) is 5.69 Å². The van der Waals surface area contributed by atoms with Crippen molar-refractivity contribution in [3.8, 4) is 0 Å². The molecule has 0 saturated heterocycles. The highest BCUT2D eigenvalue weighted by Gasteiger charge is 2.32. The molecule has 0 saturated carbocycles. The minimum Gasteiger partial charge on any atom is -0.481 e. The number of carbonyl (C=O) groups excluding carboxylic acids is 2. The monoisotopic (exact) mass is 606 g/mol. The quantitative estimate of drug-likeness (QED) is 0.0822. The maximum Gasteiger partial charge on any atom is 0.303 e. The van der Waals surface area contributed by atoms with E-state index in [1.54, 1.807) is 0 Å². The molecule has 44 heavy (non-hydrogen) atoms. The Morgan fingerprint density at radius 3 is 1.70 bits per heavy atom. The lowest BCUT2D eigenvalue weighted by Gasteiger charge is -2.28. The largest absolute Gasteiger partial charge is 0.481 e. The molecule has 2 aromatic rings. The van der Waals surface area contributed by atoms with E-state index < -0.39 is 5.97 Å². The minimum atomic E-state index is -0.763. The first-order valence-electron chi connectivity index (χ1n) is 17.9. The second-order valence-electron chi connectivity index (χ2n) is 12.8. The number of hydrogen-bond acceptors (Lipinski definition) is 4. The second kappa shape index (κ2) is 21.0. The first-order chi connectivity index (χ1) is 21.5. The third-order valence-corrected chi connectivity index (χ3v) is 9.11. The molecule has 0 aromatic heterocycles. The molecule has 6 nitrogen and oxygen atoms in total. The summed E-state index contributed by atoms with van der Waals surface area (Å²) in [6.07, 6.45) is 26.0. The van der Waals surface area contributed by atoms with Gasteiger partial charge in [0.2, 0.25) is 0 Å². The summed E-state index contributed by atoms with van der Waals surface area (Å²) in [6.45, 7) is 3.56. The van der Waals surface area contributed by atoms with Gasteiger partial charge >= 0.3 is 5.97 Å². The highest BCUT2D eigenvalue weighted by atomic mass is 16.4. The first kappa shape index (κ1) is 35.6. The molecule has 0 radical (unpaired) electrons. The third-order valence-electron chi connectivity index (χ3n) is 9.11. The highest BCUT2D eigenvalue weighted by Crippen LogP contribution is 2.34. The molecular formula is C38H58N2O4. The fraction of sp³-hybridized carbons (Fsp3) is 0.658. The number of carboxylic acids is 1. The topological polar surface area (TPSA) is 86.7 Å². The van der Waals surface area contributed by atoms with Crippen molar-refractivity contribution in [1.29, 1.82) is 0 Å². The van der Waals surface area contributed by atoms with Gasteiger partial charge in [0.15, 0.2) is 0 Å². The van der Waals surface area contributed by atoms with Crippen molar-refractivity contribution in [2.45, 2.75) is 148 Å². The molecule has 0 bridgehead atoms. The maximum atomic E-state index is 13.3. The fourth-order valence-electron chi connectivity index (χ4n) is 6.48. The Labute approximate surface area is 266 Å². The van der Waals surface area contributed by atoms with Crippen molar-refractivity contribution >= 4 is 34.2 Å². The van der Waals surface area contributed by atoms with E-state index in [4.69, 9.17) is 5.11 Å². The van der Waals surface area contributed by atoms with E-state index in [-0.39, 0.29) is 18.2 Å². The van der Waals surface area contributed by atoms with Gasteiger partial charge in [-0.15, -0.1) is 0 Å². The summed E-state index contributed by atoms with van der Waals surface area (Å²) in [5.74, 6) is -1.19. The van der Waals surface area contributed by atoms with Crippen LogP contribution in [0.1, 0.15) is 169 Å². The number of carbonyl (C=O) groups is 3. The molecule has 6 heteroatoms. The number of carboxylic acid groups (broad SMARTS) is 1. The lowest BCUT2D eigenvalue weighted by molar-refractivity contribution is -0.137. The van der Waals surface area contributed by atoms with Crippen molar-refractivity contribution in [1.82, 2.24) is 4.90 Å². The molecule has 1 aliphatic heterocycles. The zero-order valence-corrected chi connectivity index (χ0v) is 27.5. The number of hydrogen-bond donors (Lipinski definition) is 2. The molecule has 3 rings (SSSR count). The number of amides is 2. The average Bonchev–Trinajstić information content (AvgIpc) is 3.02. The predicted octanol–water partition coefficient (Wildman–Crippen LogP) is 10.5. The van der Waals surface area contributed by atoms with Gasteiger partial charge in [0.05, 0.1) is 0 Å². The van der Waals surface area contributed by atoms with Crippen LogP contribution in [-0.2, 0) is 4.79 Å². The van der Waals surface area contributed by atoms with Crippen LogP contribution in [0.15, 0.2) is 30.3 Å². The summed E-state index contributed by atoms with van der Waals surface area (Å²) in [5, 5.41) is 14.0. The van der Waals surface area contributed by atoms with E-state index in [2.05, 4.69) is 12.2 Å². The lowest BCUT2D eigenvalue weighted by atomic mass is 9.92. The van der Waals surface area contributed by atoms with E-state index in [1.807, 2.05) is 30.3 Å². The van der Waals surface area contributed by atoms with E-state index in [0.29, 0.717) is 24.1 Å². The number of rotatable bonds is 26. The zero-order chi connectivity index (χ0) is 31.4. The van der Waals surface area contributed by atoms with Gasteiger partial charge < -0.3 is 10.4 Å². The first-order valence-corrected chi connectivity index (χ1v) is 17.9. The van der Waals surface area contributed by atoms with Crippen molar-refractivity contribution < 1.29 is 19.5 Å². The Kier molecular flexibility index (Phi) is 16.9. The van der Waals surface area contributed by atoms with Crippen molar-refractivity contribution in [3.63, 3.8) is 0 Å². The van der Waals surface area contributed by atoms with Crippen LogP contribution < -0.4 is 5.32 Å². The third kappa shape index (κ3) is 11.9. The smallest absolute Gasteiger partial charge is 0.303 e. The minimum absolute atomic E-state index is 0.195. The molecule has 0 atom stereocenters. The molecule has 0 fully saturated rings. The summed E-state index contributed by atoms with van der Waals surface area (Å²) in [5.41, 5.74) is 2.19. The molecule has 244 valence electrons. The van der Waals surface area contributed by atoms with Crippen LogP contribution in [0, 0.1) is 0 Å². The van der Waals surface area contributed by atoms with Crippen LogP contribution in [0.3, 0.4) is 0 Å². The number of nitrogens with zero attached hydrogens (tertiary/aromatic N) is 1. The standard InChI is InChI=1S/C38H58N2O4/c1-2-3-4-5-6-7-8-9-10-11-12-13-14-15-18-21-29-39-34-28-27-33-36-31(34)24-23-25-32(36)37(43)40(38(33)44)30-22-19-16-17-20-26-35(41)42/h23-25,27-28,39H,2-22,26,29-30H2,1H3,(H,41,42). The van der Waals surface area contributed by atoms with Gasteiger partial charge in [-0.3, -0.25) is 19.3 Å². The number of nitrogens with one attached hydrogen (secondary N) is 1. The summed E-state index contributed by atoms with van der Waals surface area (Å²) in [6, 6.07) is 9.61. The summed E-state index contributed by atoms with van der Waals surface area (Å²) in [4.78, 5) is 38.7. The Hall–Kier alpha value is -2.89. The number of imide groups is 1. The normalized spacial score (nSPS) is 12.8. The van der Waals surface area contributed by atoms with Crippen LogP contribution in [0.2, 0.25) is 0 Å². The number of aliphatic carboxylic acids is 1. The number of anilines is 1. The predicted molar refractivity (Wildman–Crippen MR) is 183 cm³/mol. The molecule has 0 unspecified atom stereocenters. The van der Waals surface area contributed by atoms with Crippen molar-refractivity contribution in [2.75, 3.05) is 18.4 Å². The molecule has 2 aromatic carbocycles. The van der Waals surface area contributed by atoms with Crippen LogP contribution in [-0.4, -0.2) is 40.9 Å². The second-order valence-corrected chi connectivity index (χ2v) is 12.8. The Morgan fingerprint density at radius 2 is 1.14 bits per heavy atom. The number of unbranched alkanes of at least 4 members (excludes halogenated alkanes) is 19. The lowest BCUT2D eigenvalue weighted by Crippen LogP contribution is -2.40. The summed E-state index contributed by atoms with van der Waals surface area (Å²) in [7, 11) is 0. The molecule has 0 spiro atoms. The molecule has 1 heterocycles. The van der Waals surface area contributed by atoms with Crippen LogP contribution in [0.25, 0.3) is 10.8 Å². The van der Waals surface area contributed by atoms with Gasteiger partial charge in [0, 0.05) is 47.1 Å². The van der Waals surface area contributed by atoms with E-state index in [1.165, 1.54) is 101 Å². The Morgan fingerprint density at radius 1 is 0.636 bits per heavy atom. The zero-order valence-electron chi connectivity index (χ0n) is 27.5. The average molecular weight is 607 g/mol. The fourth-order valence-corrected chi connectivity index (χ4v) is 6.48. The molecule has 0 aliphatic carbocycles. The van der Waals surface area contributed by atoms with Gasteiger partial charge in [0.1, 0.15) is 0 Å². The Balaban J connectivity index is 1.31. The summed E-state index contributed by atoms with van der Waals surface area (Å²) < 4.78 is 0. The molecule has 2 N–H and O–H groups in total. The van der Waals surface area contributed by atoms with E-state index >= 15 is 0 Å². The highest BCUT2D eigenvalue weighted by molar-refractivity contribution is 6.26. The van der Waals surface area contributed by atoms with Crippen molar-refractivity contribution in [3.05, 3.63) is 41.5 Å². The SMILES string of the molecule is CCCCCCCCCCCCCCCCCCNc1ccc2c3c(cccc13)C(=O)N(CCCCCCCC(=O)O)C2=O. The number of benzene rings is 2. The van der Waals surface area contributed by atoms with Gasteiger partial charge in [-0.1, -0.05) is 135 Å². The van der Waals surface area contributed by atoms with Gasteiger partial charge in [-0.05, 0) is 37.5 Å². The molecule has 1 aliphatic rings.